The topological polar surface area (TPSA) is 281 Å². The molecule has 0 aromatic heterocycles. The smallest absolute Gasteiger partial charge is 0.397 e. The Hall–Kier alpha value is -2.63. The van der Waals surface area contributed by atoms with Crippen molar-refractivity contribution in [3.8, 4) is 11.5 Å². The number of hydrogen-bond acceptors (Lipinski definition) is 13. The van der Waals surface area contributed by atoms with Crippen molar-refractivity contribution in [1.82, 2.24) is 10.2 Å². The van der Waals surface area contributed by atoms with Crippen LogP contribution in [0, 0.1) is 0 Å². The molecule has 0 spiro atoms. The molecule has 21 heteroatoms. The van der Waals surface area contributed by atoms with Gasteiger partial charge in [-0.1, -0.05) is 116 Å². The second-order valence-electron chi connectivity index (χ2n) is 16.7. The van der Waals surface area contributed by atoms with Gasteiger partial charge in [-0.3, -0.25) is 23.2 Å². The molecule has 1 aromatic carbocycles. The molecule has 0 saturated carbocycles. The quantitative estimate of drug-likeness (QED) is 0.0296. The Morgan fingerprint density at radius 2 is 1.18 bits per heavy atom. The van der Waals surface area contributed by atoms with Crippen LogP contribution in [0.4, 0.5) is 0 Å². The number of fused-ring (bicyclic) bond motifs is 3. The molecule has 0 radical (unpaired) electrons. The van der Waals surface area contributed by atoms with E-state index in [2.05, 4.69) is 12.2 Å². The highest BCUT2D eigenvalue weighted by Crippen LogP contribution is 2.43. The molecular weight excluding hydrogens is 873 g/mol. The molecule has 1 fully saturated rings. The third-order valence-corrected chi connectivity index (χ3v) is 13.2. The summed E-state index contributed by atoms with van der Waals surface area (Å²) in [6.45, 7) is 2.57. The normalized spacial score (nSPS) is 18.5. The van der Waals surface area contributed by atoms with Gasteiger partial charge in [-0.2, -0.15) is 25.3 Å². The molecule has 62 heavy (non-hydrogen) atoms. The first kappa shape index (κ1) is 53.7. The van der Waals surface area contributed by atoms with Crippen molar-refractivity contribution in [1.29, 1.82) is 0 Å². The Bertz CT molecular complexity index is 1860. The molecule has 18 nitrogen and oxygen atoms in total. The van der Waals surface area contributed by atoms with Crippen molar-refractivity contribution in [3.63, 3.8) is 0 Å². The Morgan fingerprint density at radius 1 is 0.677 bits per heavy atom. The van der Waals surface area contributed by atoms with Crippen LogP contribution in [0.25, 0.3) is 0 Å². The second kappa shape index (κ2) is 27.0. The molecule has 2 heterocycles. The molecule has 3 rings (SSSR count). The standard InChI is InChI=1S/C41H70N2O16S3/c1-2-3-4-5-6-12-15-18-21-37(58-61(51,52)53)38(59-62(54,55)56)26-23-33(57-60(48,49)50)20-17-14-11-9-7-8-10-13-16-19-22-39(46)42-34-24-25-35-40-31(27-28-43(35)41(34)47)29-32(44)30-36(40)45/h29-30,33-35,37-38,44-45H,2-28H2,1H3,(H,42,46)(H,48,49,50)(H,51,52,53)(H,54,55,56). The van der Waals surface area contributed by atoms with E-state index in [1.54, 1.807) is 11.0 Å². The van der Waals surface area contributed by atoms with Gasteiger partial charge < -0.3 is 20.4 Å². The summed E-state index contributed by atoms with van der Waals surface area (Å²) in [5.74, 6) is -0.339. The monoisotopic (exact) mass is 942 g/mol. The fourth-order valence-electron chi connectivity index (χ4n) is 8.66. The van der Waals surface area contributed by atoms with Crippen LogP contribution in [0.15, 0.2) is 12.1 Å². The van der Waals surface area contributed by atoms with E-state index in [0.717, 1.165) is 89.0 Å². The number of nitrogens with zero attached hydrogens (tertiary/aromatic N) is 1. The lowest BCUT2D eigenvalue weighted by Gasteiger charge is -2.43. The summed E-state index contributed by atoms with van der Waals surface area (Å²) in [4.78, 5) is 27.6. The zero-order valence-electron chi connectivity index (χ0n) is 36.0. The van der Waals surface area contributed by atoms with Crippen molar-refractivity contribution in [2.45, 2.75) is 204 Å². The van der Waals surface area contributed by atoms with Crippen molar-refractivity contribution in [2.75, 3.05) is 6.54 Å². The number of phenolic OH excluding ortho intramolecular Hbond substituents is 2. The summed E-state index contributed by atoms with van der Waals surface area (Å²) in [6.07, 6.45) is 12.9. The molecule has 5 atom stereocenters. The van der Waals surface area contributed by atoms with E-state index in [1.165, 1.54) is 6.07 Å². The van der Waals surface area contributed by atoms with Gasteiger partial charge >= 0.3 is 31.2 Å². The molecule has 5 unspecified atom stereocenters. The number of hydrogen-bond donors (Lipinski definition) is 6. The Labute approximate surface area is 368 Å². The Morgan fingerprint density at radius 3 is 1.73 bits per heavy atom. The van der Waals surface area contributed by atoms with Crippen LogP contribution in [0.1, 0.15) is 185 Å². The third-order valence-electron chi connectivity index (χ3n) is 11.7. The number of carbonyl (C=O) groups is 2. The first-order chi connectivity index (χ1) is 29.3. The minimum atomic E-state index is -5.12. The molecule has 1 aromatic rings. The van der Waals surface area contributed by atoms with Crippen LogP contribution >= 0.6 is 0 Å². The lowest BCUT2D eigenvalue weighted by molar-refractivity contribution is -0.142. The zero-order chi connectivity index (χ0) is 45.8. The van der Waals surface area contributed by atoms with Crippen LogP contribution < -0.4 is 5.32 Å². The summed E-state index contributed by atoms with van der Waals surface area (Å²) in [5, 5.41) is 23.2. The molecular formula is C41H70N2O16S3. The Balaban J connectivity index is 1.32. The van der Waals surface area contributed by atoms with Crippen molar-refractivity contribution < 1.29 is 71.3 Å². The largest absolute Gasteiger partial charge is 0.508 e. The number of benzene rings is 1. The van der Waals surface area contributed by atoms with Gasteiger partial charge in [0.05, 0.1) is 12.1 Å². The number of unbranched alkanes of at least 4 members (excludes halogenated alkanes) is 16. The van der Waals surface area contributed by atoms with Gasteiger partial charge in [-0.15, -0.1) is 0 Å². The predicted octanol–water partition coefficient (Wildman–Crippen LogP) is 7.36. The highest BCUT2D eigenvalue weighted by Gasteiger charge is 2.41. The highest BCUT2D eigenvalue weighted by atomic mass is 32.3. The zero-order valence-corrected chi connectivity index (χ0v) is 38.5. The van der Waals surface area contributed by atoms with Gasteiger partial charge in [0.25, 0.3) is 0 Å². The summed E-state index contributed by atoms with van der Waals surface area (Å²) >= 11 is 0. The molecule has 0 bridgehead atoms. The number of phenols is 2. The van der Waals surface area contributed by atoms with Crippen LogP contribution in [-0.4, -0.2) is 96.7 Å². The maximum atomic E-state index is 13.2. The van der Waals surface area contributed by atoms with Crippen LogP contribution in [0.2, 0.25) is 0 Å². The van der Waals surface area contributed by atoms with Gasteiger partial charge in [-0.25, -0.2) is 12.5 Å². The molecule has 2 amide bonds. The summed E-state index contributed by atoms with van der Waals surface area (Å²) < 4.78 is 113. The van der Waals surface area contributed by atoms with Crippen LogP contribution in [0.3, 0.4) is 0 Å². The number of aromatic hydroxyl groups is 2. The average Bonchev–Trinajstić information content (AvgIpc) is 3.16. The fourth-order valence-corrected chi connectivity index (χ4v) is 10.3. The first-order valence-electron chi connectivity index (χ1n) is 22.4. The van der Waals surface area contributed by atoms with E-state index in [9.17, 15) is 58.7 Å². The summed E-state index contributed by atoms with van der Waals surface area (Å²) in [6, 6.07) is 2.05. The third kappa shape index (κ3) is 21.4. The van der Waals surface area contributed by atoms with Crippen molar-refractivity contribution in [3.05, 3.63) is 23.3 Å². The predicted molar refractivity (Wildman–Crippen MR) is 230 cm³/mol. The number of nitrogens with one attached hydrogen (secondary N) is 1. The number of piperidine rings is 1. The molecule has 6 N–H and O–H groups in total. The Kier molecular flexibility index (Phi) is 23.4. The average molecular weight is 943 g/mol. The number of rotatable bonds is 33. The maximum absolute atomic E-state index is 13.2. The van der Waals surface area contributed by atoms with E-state index in [4.69, 9.17) is 12.5 Å². The molecule has 1 saturated heterocycles. The minimum absolute atomic E-state index is 0.00731. The van der Waals surface area contributed by atoms with Crippen LogP contribution in [0.5, 0.6) is 11.5 Å². The van der Waals surface area contributed by atoms with Gasteiger partial charge in [0.15, 0.2) is 0 Å². The molecule has 2 aliphatic heterocycles. The summed E-state index contributed by atoms with van der Waals surface area (Å²) in [7, 11) is -15.1. The fraction of sp³-hybridized carbons (Fsp3) is 0.805. The van der Waals surface area contributed by atoms with E-state index >= 15 is 0 Å². The van der Waals surface area contributed by atoms with E-state index in [0.29, 0.717) is 69.9 Å². The first-order valence-corrected chi connectivity index (χ1v) is 26.5. The van der Waals surface area contributed by atoms with Gasteiger partial charge in [-0.05, 0) is 63.0 Å². The summed E-state index contributed by atoms with van der Waals surface area (Å²) in [5.41, 5.74) is 1.51. The SMILES string of the molecule is CCCCCCCCCCC(OS(=O)(=O)O)C(CCC(CCCCCCCCCCCCC(=O)NC1CCC2c3c(O)cc(O)cc3CCN2C1=O)OS(=O)(=O)O)OS(=O)(=O)O. The maximum Gasteiger partial charge on any atom is 0.397 e. The van der Waals surface area contributed by atoms with Crippen LogP contribution in [-0.2, 0) is 59.8 Å². The van der Waals surface area contributed by atoms with Gasteiger partial charge in [0, 0.05) is 24.6 Å². The number of carbonyl (C=O) groups excluding carboxylic acids is 2. The second-order valence-corrected chi connectivity index (χ2v) is 19.9. The van der Waals surface area contributed by atoms with Crippen molar-refractivity contribution >= 4 is 43.0 Å². The molecule has 0 aliphatic carbocycles. The molecule has 358 valence electrons. The van der Waals surface area contributed by atoms with Crippen molar-refractivity contribution in [2.24, 2.45) is 0 Å². The lowest BCUT2D eigenvalue weighted by atomic mass is 9.84. The number of amides is 2. The lowest BCUT2D eigenvalue weighted by Crippen LogP contribution is -2.54. The van der Waals surface area contributed by atoms with E-state index < -0.39 is 55.6 Å². The molecule has 2 aliphatic rings. The van der Waals surface area contributed by atoms with E-state index in [-0.39, 0.29) is 55.0 Å². The van der Waals surface area contributed by atoms with Gasteiger partial charge in [0.2, 0.25) is 11.8 Å². The van der Waals surface area contributed by atoms with Gasteiger partial charge in [0.1, 0.15) is 29.7 Å². The van der Waals surface area contributed by atoms with E-state index in [1.807, 2.05) is 0 Å². The highest BCUT2D eigenvalue weighted by molar-refractivity contribution is 7.81. The minimum Gasteiger partial charge on any atom is -0.508 e.